The zero-order chi connectivity index (χ0) is 52.6. The molecule has 0 fully saturated rings. The molecule has 376 valence electrons. The van der Waals surface area contributed by atoms with Crippen LogP contribution >= 0.6 is 0 Å². The second kappa shape index (κ2) is 26.2. The maximum atomic E-state index is 13.6. The van der Waals surface area contributed by atoms with E-state index < -0.39 is 94.4 Å². The molecular weight excluding hydrogens is 1130 g/mol. The van der Waals surface area contributed by atoms with E-state index in [0.29, 0.717) is 17.8 Å². The first kappa shape index (κ1) is 65.0. The van der Waals surface area contributed by atoms with E-state index >= 15 is 0 Å². The van der Waals surface area contributed by atoms with Gasteiger partial charge < -0.3 is 43.6 Å². The SMILES string of the molecule is COc1ccc(NN=C2C=C(S(=O)(=O)[O-])c3cc(Nc4nc(Nc5ccccc5)nc(Nc5ccc6c(c5)C(S(=O)(=O)[O-])=CC(=NNc5ccc(OC)cc5S(=O)(=O)[O-])C6=O)n4)ccc3C2=O)c(S(=O)(=O)[O-])c1.[Na+].[Na+].[Na+].[Na+]. The average molecular weight is 1160 g/mol. The number of ether oxygens (including phenoxy) is 2. The van der Waals surface area contributed by atoms with E-state index in [1.54, 1.807) is 30.3 Å². The molecule has 6 aromatic rings. The third-order valence-corrected chi connectivity index (χ3v) is 13.8. The Balaban J connectivity index is 0.00000320. The van der Waals surface area contributed by atoms with Crippen LogP contribution in [0, 0.1) is 0 Å². The van der Waals surface area contributed by atoms with E-state index in [-0.39, 0.29) is 181 Å². The topological polar surface area (TPSA) is 405 Å². The van der Waals surface area contributed by atoms with Crippen molar-refractivity contribution in [2.24, 2.45) is 10.2 Å². The minimum Gasteiger partial charge on any atom is -0.744 e. The third-order valence-electron chi connectivity index (χ3n) is 10.3. The number of benzene rings is 5. The number of methoxy groups -OCH3 is 2. The molecule has 0 aliphatic heterocycles. The number of hydrazone groups is 2. The maximum absolute atomic E-state index is 13.6. The van der Waals surface area contributed by atoms with Gasteiger partial charge in [0, 0.05) is 39.3 Å². The van der Waals surface area contributed by atoms with E-state index in [1.165, 1.54) is 38.5 Å². The fourth-order valence-electron chi connectivity index (χ4n) is 6.99. The third kappa shape index (κ3) is 15.5. The van der Waals surface area contributed by atoms with Crippen LogP contribution in [0.2, 0.25) is 0 Å². The van der Waals surface area contributed by atoms with Crippen LogP contribution in [0.1, 0.15) is 31.8 Å². The van der Waals surface area contributed by atoms with Crippen molar-refractivity contribution >= 4 is 120 Å². The summed E-state index contributed by atoms with van der Waals surface area (Å²) in [5.74, 6) is -2.46. The number of aromatic nitrogens is 3. The quantitative estimate of drug-likeness (QED) is 0.0341. The van der Waals surface area contributed by atoms with Crippen molar-refractivity contribution in [2.45, 2.75) is 9.79 Å². The normalized spacial score (nSPS) is 14.1. The van der Waals surface area contributed by atoms with Gasteiger partial charge in [-0.2, -0.15) is 25.2 Å². The van der Waals surface area contributed by atoms with Crippen LogP contribution in [-0.4, -0.2) is 104 Å². The van der Waals surface area contributed by atoms with Gasteiger partial charge in [-0.3, -0.25) is 20.4 Å². The molecule has 8 rings (SSSR count). The van der Waals surface area contributed by atoms with Crippen LogP contribution in [0.15, 0.2) is 135 Å². The summed E-state index contributed by atoms with van der Waals surface area (Å²) >= 11 is 0. The molecule has 26 nitrogen and oxygen atoms in total. The molecule has 2 aliphatic rings. The Morgan fingerprint density at radius 3 is 1.14 bits per heavy atom. The first-order valence-electron chi connectivity index (χ1n) is 20.2. The average Bonchev–Trinajstić information content (AvgIpc) is 3.32. The van der Waals surface area contributed by atoms with Crippen molar-refractivity contribution < 1.29 is 189 Å². The summed E-state index contributed by atoms with van der Waals surface area (Å²) in [5, 5.41) is 16.3. The summed E-state index contributed by atoms with van der Waals surface area (Å²) in [5.41, 5.74) is 1.54. The van der Waals surface area contributed by atoms with Crippen LogP contribution in [0.3, 0.4) is 0 Å². The summed E-state index contributed by atoms with van der Waals surface area (Å²) in [6, 6.07) is 22.2. The second-order valence-electron chi connectivity index (χ2n) is 15.0. The maximum Gasteiger partial charge on any atom is 1.00 e. The Hall–Kier alpha value is -4.49. The monoisotopic (exact) mass is 1160 g/mol. The van der Waals surface area contributed by atoms with Gasteiger partial charge in [0.15, 0.2) is 0 Å². The van der Waals surface area contributed by atoms with Crippen molar-refractivity contribution in [1.82, 2.24) is 15.0 Å². The molecule has 5 N–H and O–H groups in total. The number of carbonyl (C=O) groups excluding carboxylic acids is 2. The van der Waals surface area contributed by atoms with Gasteiger partial charge in [0.25, 0.3) is 0 Å². The number of para-hydroxylation sites is 1. The largest absolute Gasteiger partial charge is 1.00 e. The summed E-state index contributed by atoms with van der Waals surface area (Å²) in [4.78, 5) is 36.9. The van der Waals surface area contributed by atoms with Crippen molar-refractivity contribution in [3.05, 3.63) is 138 Å². The summed E-state index contributed by atoms with van der Waals surface area (Å²) in [6.45, 7) is 0. The molecule has 0 saturated carbocycles. The molecule has 77 heavy (non-hydrogen) atoms. The molecule has 0 atom stereocenters. The number of rotatable bonds is 16. The molecule has 34 heteroatoms. The van der Waals surface area contributed by atoms with Crippen LogP contribution < -0.4 is 155 Å². The number of ketones is 2. The number of anilines is 8. The fourth-order valence-corrected chi connectivity index (χ4v) is 9.66. The number of hydrogen-bond donors (Lipinski definition) is 5. The molecule has 5 aromatic carbocycles. The molecule has 2 aliphatic carbocycles. The number of nitrogens with one attached hydrogen (secondary N) is 5. The minimum atomic E-state index is -5.37. The van der Waals surface area contributed by atoms with E-state index in [1.807, 2.05) is 0 Å². The Kier molecular flexibility index (Phi) is 22.1. The zero-order valence-corrected chi connectivity index (χ0v) is 52.1. The van der Waals surface area contributed by atoms with E-state index in [2.05, 4.69) is 52.0 Å². The smallest absolute Gasteiger partial charge is 0.744 e. The number of fused-ring (bicyclic) bond motifs is 2. The Morgan fingerprint density at radius 2 is 0.805 bits per heavy atom. The van der Waals surface area contributed by atoms with Gasteiger partial charge >= 0.3 is 118 Å². The van der Waals surface area contributed by atoms with Crippen LogP contribution in [0.4, 0.5) is 46.3 Å². The molecule has 0 unspecified atom stereocenters. The fraction of sp³-hybridized carbons (Fsp3) is 0.0465. The van der Waals surface area contributed by atoms with Crippen LogP contribution in [-0.2, 0) is 40.5 Å². The molecule has 0 amide bonds. The van der Waals surface area contributed by atoms with Gasteiger partial charge in [-0.25, -0.2) is 33.7 Å². The van der Waals surface area contributed by atoms with Gasteiger partial charge in [0.05, 0.1) is 45.2 Å². The van der Waals surface area contributed by atoms with Gasteiger partial charge in [-0.15, -0.1) is 0 Å². The van der Waals surface area contributed by atoms with E-state index in [9.17, 15) is 61.5 Å². The molecule has 1 aromatic heterocycles. The van der Waals surface area contributed by atoms with E-state index in [0.717, 1.165) is 48.5 Å². The number of Topliss-reactive ketones (excluding diaryl/α,β-unsaturated/α-hetero) is 2. The van der Waals surface area contributed by atoms with E-state index in [4.69, 9.17) is 9.47 Å². The van der Waals surface area contributed by atoms with Crippen molar-refractivity contribution in [2.75, 3.05) is 41.0 Å². The Labute approximate surface area is 527 Å². The van der Waals surface area contributed by atoms with Crippen molar-refractivity contribution in [1.29, 1.82) is 0 Å². The number of hydrogen-bond acceptors (Lipinski definition) is 26. The molecule has 1 heterocycles. The Morgan fingerprint density at radius 1 is 0.442 bits per heavy atom. The molecule has 0 bridgehead atoms. The predicted octanol–water partition coefficient (Wildman–Crippen LogP) is -7.96. The van der Waals surface area contributed by atoms with Gasteiger partial charge in [0.1, 0.15) is 63.4 Å². The van der Waals surface area contributed by atoms with Gasteiger partial charge in [-0.1, -0.05) is 18.2 Å². The van der Waals surface area contributed by atoms with Crippen LogP contribution in [0.25, 0.3) is 9.81 Å². The first-order valence-corrected chi connectivity index (χ1v) is 25.8. The standard InChI is InChI=1S/C43H34N10O16S4.4Na/c1-68-25-10-14-31(37(18-25)72(62,63)64)50-52-33-20-35(70(56,57)58)29-16-23(8-12-27(29)39(33)54)45-42-47-41(44-22-6-4-3-5-7-22)48-43(49-42)46-24-9-13-28-30(17-24)36(71(59,60)61)21-34(40(28)55)53-51-32-15-11-26(69-2)19-38(32)73(65,66)67;;;;/h3-21,50-51H,1-2H3,(H,56,57,58)(H,59,60,61)(H,62,63,64)(H,65,66,67)(H3,44,45,46,47,48,49);;;;/q;4*+1/p-4. The molecule has 0 spiro atoms. The number of carbonyl (C=O) groups is 2. The second-order valence-corrected chi connectivity index (χ2v) is 20.4. The molecular formula is C43H30N10Na4O16S4. The summed E-state index contributed by atoms with van der Waals surface area (Å²) in [7, 11) is -18.5. The number of allylic oxidation sites excluding steroid dienone is 2. The molecule has 0 saturated heterocycles. The van der Waals surface area contributed by atoms with Crippen molar-refractivity contribution in [3.8, 4) is 11.5 Å². The first-order chi connectivity index (χ1) is 34.4. The van der Waals surface area contributed by atoms with Gasteiger partial charge in [0.2, 0.25) is 29.4 Å². The molecule has 0 radical (unpaired) electrons. The summed E-state index contributed by atoms with van der Waals surface area (Å²) < 4.78 is 158. The predicted molar refractivity (Wildman–Crippen MR) is 257 cm³/mol. The Bertz CT molecular complexity index is 3700. The zero-order valence-electron chi connectivity index (χ0n) is 40.9. The summed E-state index contributed by atoms with van der Waals surface area (Å²) in [6.07, 6.45) is 1.31. The van der Waals surface area contributed by atoms with Crippen LogP contribution in [0.5, 0.6) is 11.5 Å². The van der Waals surface area contributed by atoms with Gasteiger partial charge in [-0.05, 0) is 97.1 Å². The van der Waals surface area contributed by atoms with Crippen molar-refractivity contribution in [3.63, 3.8) is 0 Å². The minimum absolute atomic E-state index is 0. The number of nitrogens with zero attached hydrogens (tertiary/aromatic N) is 5.